The van der Waals surface area contributed by atoms with Crippen molar-refractivity contribution in [2.45, 2.75) is 45.6 Å². The molecule has 0 spiro atoms. The van der Waals surface area contributed by atoms with Gasteiger partial charge in [-0.3, -0.25) is 0 Å². The van der Waals surface area contributed by atoms with Gasteiger partial charge in [-0.25, -0.2) is 4.79 Å². The fourth-order valence-electron chi connectivity index (χ4n) is 2.94. The summed E-state index contributed by atoms with van der Waals surface area (Å²) in [5.41, 5.74) is 2.84. The van der Waals surface area contributed by atoms with Crippen LogP contribution in [-0.4, -0.2) is 22.6 Å². The lowest BCUT2D eigenvalue weighted by Gasteiger charge is -2.23. The summed E-state index contributed by atoms with van der Waals surface area (Å²) in [5, 5.41) is 7.13. The van der Waals surface area contributed by atoms with Crippen molar-refractivity contribution in [2.75, 3.05) is 11.9 Å². The number of hydrogen-bond donors (Lipinski definition) is 1. The minimum absolute atomic E-state index is 0.0287. The fourth-order valence-corrected chi connectivity index (χ4v) is 2.94. The lowest BCUT2D eigenvalue weighted by atomic mass is 10.1. The molecule has 23 heavy (non-hydrogen) atoms. The van der Waals surface area contributed by atoms with Gasteiger partial charge in [0.1, 0.15) is 0 Å². The van der Waals surface area contributed by atoms with Crippen LogP contribution in [0.25, 0.3) is 0 Å². The molecule has 1 aliphatic heterocycles. The topological polar surface area (TPSA) is 58.4 Å². The average Bonchev–Trinajstić information content (AvgIpc) is 3.17. The van der Waals surface area contributed by atoms with Gasteiger partial charge in [-0.1, -0.05) is 37.2 Å². The molecule has 3 rings (SSSR count). The molecule has 1 aromatic heterocycles. The van der Waals surface area contributed by atoms with Gasteiger partial charge in [0.15, 0.2) is 5.76 Å². The number of rotatable bonds is 3. The Morgan fingerprint density at radius 2 is 2.17 bits per heavy atom. The van der Waals surface area contributed by atoms with Crippen LogP contribution in [0.15, 0.2) is 34.9 Å². The summed E-state index contributed by atoms with van der Waals surface area (Å²) in [7, 11) is 0. The lowest BCUT2D eigenvalue weighted by molar-refractivity contribution is 0.195. The summed E-state index contributed by atoms with van der Waals surface area (Å²) in [4.78, 5) is 14.5. The predicted molar refractivity (Wildman–Crippen MR) is 89.5 cm³/mol. The largest absolute Gasteiger partial charge is 0.359 e. The molecule has 0 unspecified atom stereocenters. The van der Waals surface area contributed by atoms with Gasteiger partial charge < -0.3 is 14.7 Å². The van der Waals surface area contributed by atoms with Crippen LogP contribution in [-0.2, 0) is 0 Å². The number of nitrogens with zero attached hydrogens (tertiary/aromatic N) is 2. The standard InChI is InChI=1S/C18H23N3O2/c1-12(2)15-11-17(23-20-15)16-9-6-10-21(16)18(22)19-14-8-5-4-7-13(14)3/h4-5,7-8,11-12,16H,6,9-10H2,1-3H3,(H,19,22)/t16-/m1/s1. The number of aryl methyl sites for hydroxylation is 1. The van der Waals surface area contributed by atoms with Gasteiger partial charge in [-0.2, -0.15) is 0 Å². The van der Waals surface area contributed by atoms with E-state index in [0.717, 1.165) is 42.1 Å². The maximum absolute atomic E-state index is 12.6. The number of benzene rings is 1. The van der Waals surface area contributed by atoms with E-state index in [2.05, 4.69) is 24.3 Å². The molecular formula is C18H23N3O2. The van der Waals surface area contributed by atoms with E-state index in [1.54, 1.807) is 0 Å². The zero-order valence-corrected chi connectivity index (χ0v) is 13.9. The molecule has 5 nitrogen and oxygen atoms in total. The van der Waals surface area contributed by atoms with Gasteiger partial charge in [0.2, 0.25) is 0 Å². The Morgan fingerprint density at radius 1 is 1.39 bits per heavy atom. The van der Waals surface area contributed by atoms with Crippen LogP contribution in [0.1, 0.15) is 55.7 Å². The smallest absolute Gasteiger partial charge is 0.322 e. The number of para-hydroxylation sites is 1. The molecule has 5 heteroatoms. The van der Waals surface area contributed by atoms with Crippen LogP contribution in [0, 0.1) is 6.92 Å². The number of amides is 2. The average molecular weight is 313 g/mol. The van der Waals surface area contributed by atoms with E-state index in [9.17, 15) is 4.79 Å². The molecule has 0 saturated carbocycles. The third-order valence-corrected chi connectivity index (χ3v) is 4.37. The Morgan fingerprint density at radius 3 is 2.87 bits per heavy atom. The Hall–Kier alpha value is -2.30. The monoisotopic (exact) mass is 313 g/mol. The third-order valence-electron chi connectivity index (χ3n) is 4.37. The zero-order chi connectivity index (χ0) is 16.4. The van der Waals surface area contributed by atoms with E-state index in [0.29, 0.717) is 5.92 Å². The molecule has 1 atom stereocenters. The Kier molecular flexibility index (Phi) is 4.37. The van der Waals surface area contributed by atoms with Crippen molar-refractivity contribution in [3.63, 3.8) is 0 Å². The van der Waals surface area contributed by atoms with Gasteiger partial charge in [0, 0.05) is 18.3 Å². The second-order valence-corrected chi connectivity index (χ2v) is 6.41. The second kappa shape index (κ2) is 6.44. The van der Waals surface area contributed by atoms with Crippen molar-refractivity contribution in [2.24, 2.45) is 0 Å². The van der Waals surface area contributed by atoms with E-state index in [4.69, 9.17) is 4.52 Å². The molecule has 2 amide bonds. The summed E-state index contributed by atoms with van der Waals surface area (Å²) in [6.45, 7) is 6.89. The van der Waals surface area contributed by atoms with Gasteiger partial charge in [-0.05, 0) is 37.3 Å². The van der Waals surface area contributed by atoms with E-state index >= 15 is 0 Å². The van der Waals surface area contributed by atoms with Crippen molar-refractivity contribution in [1.82, 2.24) is 10.1 Å². The number of carbonyl (C=O) groups is 1. The summed E-state index contributed by atoms with van der Waals surface area (Å²) < 4.78 is 5.49. The van der Waals surface area contributed by atoms with Crippen molar-refractivity contribution in [3.8, 4) is 0 Å². The van der Waals surface area contributed by atoms with Crippen LogP contribution < -0.4 is 5.32 Å². The van der Waals surface area contributed by atoms with E-state index in [1.807, 2.05) is 42.2 Å². The van der Waals surface area contributed by atoms with E-state index in [1.165, 1.54) is 0 Å². The number of nitrogens with one attached hydrogen (secondary N) is 1. The van der Waals surface area contributed by atoms with Gasteiger partial charge in [0.25, 0.3) is 0 Å². The van der Waals surface area contributed by atoms with E-state index < -0.39 is 0 Å². The van der Waals surface area contributed by atoms with Gasteiger partial charge in [-0.15, -0.1) is 0 Å². The van der Waals surface area contributed by atoms with Crippen LogP contribution in [0.3, 0.4) is 0 Å². The Balaban J connectivity index is 1.75. The van der Waals surface area contributed by atoms with Gasteiger partial charge >= 0.3 is 6.03 Å². The number of anilines is 1. The number of likely N-dealkylation sites (tertiary alicyclic amines) is 1. The number of urea groups is 1. The first kappa shape index (κ1) is 15.6. The molecule has 1 aromatic carbocycles. The minimum Gasteiger partial charge on any atom is -0.359 e. The first-order valence-corrected chi connectivity index (χ1v) is 8.16. The van der Waals surface area contributed by atoms with Crippen LogP contribution in [0.5, 0.6) is 0 Å². The van der Waals surface area contributed by atoms with Crippen molar-refractivity contribution in [1.29, 1.82) is 0 Å². The summed E-state index contributed by atoms with van der Waals surface area (Å²) in [6, 6.07) is 9.67. The highest BCUT2D eigenvalue weighted by Crippen LogP contribution is 2.33. The Labute approximate surface area is 136 Å². The zero-order valence-electron chi connectivity index (χ0n) is 13.9. The van der Waals surface area contributed by atoms with Gasteiger partial charge in [0.05, 0.1) is 11.7 Å². The molecule has 0 radical (unpaired) electrons. The maximum Gasteiger partial charge on any atom is 0.322 e. The second-order valence-electron chi connectivity index (χ2n) is 6.41. The van der Waals surface area contributed by atoms with Crippen LogP contribution in [0.4, 0.5) is 10.5 Å². The minimum atomic E-state index is -0.0794. The van der Waals surface area contributed by atoms with Crippen molar-refractivity contribution >= 4 is 11.7 Å². The first-order valence-electron chi connectivity index (χ1n) is 8.16. The molecule has 1 aliphatic rings. The first-order chi connectivity index (χ1) is 11.1. The fraction of sp³-hybridized carbons (Fsp3) is 0.444. The number of aromatic nitrogens is 1. The Bertz CT molecular complexity index is 693. The quantitative estimate of drug-likeness (QED) is 0.909. The molecular weight excluding hydrogens is 290 g/mol. The molecule has 0 aliphatic carbocycles. The molecule has 0 bridgehead atoms. The number of carbonyl (C=O) groups excluding carboxylic acids is 1. The van der Waals surface area contributed by atoms with Crippen LogP contribution in [0.2, 0.25) is 0 Å². The molecule has 2 heterocycles. The lowest BCUT2D eigenvalue weighted by Crippen LogP contribution is -2.34. The summed E-state index contributed by atoms with van der Waals surface area (Å²) in [6.07, 6.45) is 1.89. The number of hydrogen-bond acceptors (Lipinski definition) is 3. The van der Waals surface area contributed by atoms with E-state index in [-0.39, 0.29) is 12.1 Å². The molecule has 122 valence electrons. The highest BCUT2D eigenvalue weighted by Gasteiger charge is 2.33. The molecule has 1 N–H and O–H groups in total. The highest BCUT2D eigenvalue weighted by molar-refractivity contribution is 5.90. The van der Waals surface area contributed by atoms with Crippen molar-refractivity contribution in [3.05, 3.63) is 47.3 Å². The molecule has 1 saturated heterocycles. The molecule has 1 fully saturated rings. The van der Waals surface area contributed by atoms with Crippen molar-refractivity contribution < 1.29 is 9.32 Å². The summed E-state index contributed by atoms with van der Waals surface area (Å²) in [5.74, 6) is 1.11. The SMILES string of the molecule is Cc1ccccc1NC(=O)N1CCC[C@@H]1c1cc(C(C)C)no1. The predicted octanol–water partition coefficient (Wildman–Crippen LogP) is 4.48. The third kappa shape index (κ3) is 3.23. The highest BCUT2D eigenvalue weighted by atomic mass is 16.5. The normalized spacial score (nSPS) is 17.7. The van der Waals surface area contributed by atoms with Crippen LogP contribution >= 0.6 is 0 Å². The summed E-state index contributed by atoms with van der Waals surface area (Å²) >= 11 is 0. The maximum atomic E-state index is 12.6. The molecule has 2 aromatic rings.